The molecule has 7 heteroatoms. The van der Waals surface area contributed by atoms with E-state index in [0.29, 0.717) is 0 Å². The van der Waals surface area contributed by atoms with Crippen molar-refractivity contribution in [2.45, 2.75) is 0 Å². The highest BCUT2D eigenvalue weighted by molar-refractivity contribution is 7.88. The molecule has 0 aromatic carbocycles. The Morgan fingerprint density at radius 3 is 2.70 bits per heavy atom. The van der Waals surface area contributed by atoms with Crippen LogP contribution in [0.25, 0.3) is 0 Å². The first-order valence-corrected chi connectivity index (χ1v) is 3.70. The third-order valence-electron chi connectivity index (χ3n) is 0.736. The van der Waals surface area contributed by atoms with Crippen LogP contribution < -0.4 is 15.6 Å². The molecule has 1 heterocycles. The van der Waals surface area contributed by atoms with Crippen LogP contribution in [-0.4, -0.2) is 14.3 Å². The Hall–Kier alpha value is -1.24. The second-order valence-corrected chi connectivity index (χ2v) is 2.94. The number of nitrogens with zero attached hydrogens (tertiary/aromatic N) is 1. The van der Waals surface area contributed by atoms with Crippen LogP contribution in [0.4, 0.5) is 0 Å². The maximum absolute atomic E-state index is 10.5. The molecule has 0 aromatic heterocycles. The van der Waals surface area contributed by atoms with Crippen molar-refractivity contribution < 1.29 is 13.5 Å². The third-order valence-corrected chi connectivity index (χ3v) is 1.65. The van der Waals surface area contributed by atoms with Gasteiger partial charge in [0.15, 0.2) is 0 Å². The van der Waals surface area contributed by atoms with Crippen LogP contribution in [0.3, 0.4) is 0 Å². The molecule has 6 nitrogen and oxygen atoms in total. The Balaban J connectivity index is 3.11. The van der Waals surface area contributed by atoms with E-state index in [0.717, 1.165) is 6.08 Å². The predicted molar refractivity (Wildman–Crippen MR) is 31.8 cm³/mol. The fraction of sp³-hybridized carbons (Fsp3) is 0. The standard InChI is InChI=1S/C3H5N3O3S/c4-2-1-3(7)6-10(8,9)5-2/h1,5H,4H2,(H,6,7)/p-1. The maximum Gasteiger partial charge on any atom is 0.342 e. The smallest absolute Gasteiger partial charge is 0.342 e. The highest BCUT2D eigenvalue weighted by Crippen LogP contribution is 1.95. The first-order valence-electron chi connectivity index (χ1n) is 2.26. The van der Waals surface area contributed by atoms with E-state index in [1.54, 1.807) is 0 Å². The zero-order valence-corrected chi connectivity index (χ0v) is 5.55. The second kappa shape index (κ2) is 1.87. The average molecular weight is 162 g/mol. The van der Waals surface area contributed by atoms with E-state index in [1.807, 2.05) is 4.72 Å². The molecule has 0 amide bonds. The quantitative estimate of drug-likeness (QED) is 0.407. The zero-order valence-electron chi connectivity index (χ0n) is 4.73. The van der Waals surface area contributed by atoms with Crippen molar-refractivity contribution in [3.63, 3.8) is 0 Å². The monoisotopic (exact) mass is 162 g/mol. The number of hydrogen-bond donors (Lipinski definition) is 2. The molecule has 0 bridgehead atoms. The molecule has 0 fully saturated rings. The van der Waals surface area contributed by atoms with Crippen LogP contribution >= 0.6 is 0 Å². The second-order valence-electron chi connectivity index (χ2n) is 1.61. The van der Waals surface area contributed by atoms with Crippen molar-refractivity contribution in [3.8, 4) is 0 Å². The largest absolute Gasteiger partial charge is 0.858 e. The summed E-state index contributed by atoms with van der Waals surface area (Å²) in [6.45, 7) is 0. The van der Waals surface area contributed by atoms with Gasteiger partial charge in [-0.05, 0) is 6.08 Å². The van der Waals surface area contributed by atoms with E-state index in [-0.39, 0.29) is 5.82 Å². The van der Waals surface area contributed by atoms with Crippen LogP contribution in [0.1, 0.15) is 0 Å². The summed E-state index contributed by atoms with van der Waals surface area (Å²) in [6, 6.07) is 0. The minimum atomic E-state index is -3.85. The summed E-state index contributed by atoms with van der Waals surface area (Å²) in [5.41, 5.74) is 4.99. The highest BCUT2D eigenvalue weighted by atomic mass is 32.2. The molecule has 0 saturated heterocycles. The van der Waals surface area contributed by atoms with Gasteiger partial charge in [0.2, 0.25) is 0 Å². The van der Waals surface area contributed by atoms with Gasteiger partial charge < -0.3 is 10.8 Å². The highest BCUT2D eigenvalue weighted by Gasteiger charge is 2.10. The van der Waals surface area contributed by atoms with Gasteiger partial charge in [-0.3, -0.25) is 4.72 Å². The van der Waals surface area contributed by atoms with Crippen molar-refractivity contribution in [3.05, 3.63) is 11.9 Å². The minimum absolute atomic E-state index is 0.208. The summed E-state index contributed by atoms with van der Waals surface area (Å²) < 4.78 is 25.4. The Morgan fingerprint density at radius 1 is 1.70 bits per heavy atom. The summed E-state index contributed by atoms with van der Waals surface area (Å²) in [6.07, 6.45) is 0.890. The van der Waals surface area contributed by atoms with E-state index in [9.17, 15) is 13.5 Å². The molecule has 0 aromatic rings. The van der Waals surface area contributed by atoms with Crippen LogP contribution in [0.5, 0.6) is 0 Å². The molecule has 1 rings (SSSR count). The Kier molecular flexibility index (Phi) is 1.29. The number of nitrogens with one attached hydrogen (secondary N) is 1. The van der Waals surface area contributed by atoms with E-state index in [1.165, 1.54) is 0 Å². The van der Waals surface area contributed by atoms with Crippen molar-refractivity contribution >= 4 is 16.1 Å². The van der Waals surface area contributed by atoms with Gasteiger partial charge in [0.05, 0.1) is 0 Å². The summed E-state index contributed by atoms with van der Waals surface area (Å²) in [5.74, 6) is -1.07. The van der Waals surface area contributed by atoms with Crippen molar-refractivity contribution in [1.82, 2.24) is 4.72 Å². The van der Waals surface area contributed by atoms with E-state index in [2.05, 4.69) is 4.40 Å². The van der Waals surface area contributed by atoms with Gasteiger partial charge in [0.25, 0.3) is 0 Å². The van der Waals surface area contributed by atoms with Crippen LogP contribution in [0, 0.1) is 0 Å². The molecular weight excluding hydrogens is 158 g/mol. The molecule has 1 aliphatic rings. The summed E-state index contributed by atoms with van der Waals surface area (Å²) in [5, 5.41) is 10.3. The fourth-order valence-electron chi connectivity index (χ4n) is 0.479. The lowest BCUT2D eigenvalue weighted by molar-refractivity contribution is -0.211. The van der Waals surface area contributed by atoms with Crippen LogP contribution in [-0.2, 0) is 10.2 Å². The summed E-state index contributed by atoms with van der Waals surface area (Å²) in [7, 11) is -3.85. The van der Waals surface area contributed by atoms with Gasteiger partial charge in [-0.2, -0.15) is 12.8 Å². The minimum Gasteiger partial charge on any atom is -0.858 e. The summed E-state index contributed by atoms with van der Waals surface area (Å²) >= 11 is 0. The Labute approximate surface area is 57.2 Å². The van der Waals surface area contributed by atoms with Crippen LogP contribution in [0.2, 0.25) is 0 Å². The molecule has 3 N–H and O–H groups in total. The number of hydrogen-bond acceptors (Lipinski definition) is 4. The Morgan fingerprint density at radius 2 is 2.30 bits per heavy atom. The van der Waals surface area contributed by atoms with Gasteiger partial charge >= 0.3 is 10.2 Å². The van der Waals surface area contributed by atoms with Crippen molar-refractivity contribution in [2.75, 3.05) is 0 Å². The van der Waals surface area contributed by atoms with Crippen LogP contribution in [0.15, 0.2) is 16.3 Å². The molecule has 0 unspecified atom stereocenters. The molecule has 10 heavy (non-hydrogen) atoms. The van der Waals surface area contributed by atoms with Crippen molar-refractivity contribution in [2.24, 2.45) is 10.1 Å². The zero-order chi connectivity index (χ0) is 7.78. The Bertz CT molecular complexity index is 301. The van der Waals surface area contributed by atoms with Gasteiger partial charge in [-0.1, -0.05) is 0 Å². The average Bonchev–Trinajstić information content (AvgIpc) is 1.54. The van der Waals surface area contributed by atoms with Gasteiger partial charge in [-0.25, -0.2) is 0 Å². The lowest BCUT2D eigenvalue weighted by Crippen LogP contribution is -2.34. The molecule has 0 atom stereocenters. The predicted octanol–water partition coefficient (Wildman–Crippen LogP) is -2.61. The lowest BCUT2D eigenvalue weighted by atomic mass is 10.6. The normalized spacial score (nSPS) is 22.4. The molecule has 0 radical (unpaired) electrons. The molecule has 1 aliphatic heterocycles. The lowest BCUT2D eigenvalue weighted by Gasteiger charge is -2.13. The fourth-order valence-corrected chi connectivity index (χ4v) is 1.17. The van der Waals surface area contributed by atoms with E-state index in [4.69, 9.17) is 5.73 Å². The molecule has 56 valence electrons. The SMILES string of the molecule is NC1=CC([O-])=NS(=O)(=O)N1. The molecular formula is C3H4N3O3S-. The van der Waals surface area contributed by atoms with E-state index >= 15 is 0 Å². The van der Waals surface area contributed by atoms with Gasteiger partial charge in [0, 0.05) is 5.90 Å². The van der Waals surface area contributed by atoms with Crippen molar-refractivity contribution in [1.29, 1.82) is 0 Å². The van der Waals surface area contributed by atoms with Gasteiger partial charge in [0.1, 0.15) is 5.82 Å². The topological polar surface area (TPSA) is 108 Å². The third kappa shape index (κ3) is 1.38. The maximum atomic E-state index is 10.5. The number of rotatable bonds is 0. The van der Waals surface area contributed by atoms with Gasteiger partial charge in [-0.15, -0.1) is 0 Å². The summed E-state index contributed by atoms with van der Waals surface area (Å²) in [4.78, 5) is 0. The first-order chi connectivity index (χ1) is 4.49. The molecule has 0 aliphatic carbocycles. The first kappa shape index (κ1) is 6.87. The molecule has 0 spiro atoms. The molecule has 0 saturated carbocycles. The van der Waals surface area contributed by atoms with E-state index < -0.39 is 16.1 Å². The number of nitrogens with two attached hydrogens (primary N) is 1.